The second-order valence-electron chi connectivity index (χ2n) is 5.35. The second-order valence-corrected chi connectivity index (χ2v) is 5.35. The average molecular weight is 265 g/mol. The number of methoxy groups -OCH3 is 1. The van der Waals surface area contributed by atoms with E-state index in [4.69, 9.17) is 0 Å². The molecule has 0 unspecified atom stereocenters. The molecule has 1 heterocycles. The number of carbonyl (C=O) groups is 1. The number of aromatic nitrogens is 1. The monoisotopic (exact) mass is 265 g/mol. The van der Waals surface area contributed by atoms with E-state index in [0.717, 1.165) is 12.8 Å². The molecule has 104 valence electrons. The summed E-state index contributed by atoms with van der Waals surface area (Å²) in [5.74, 6) is -0.609. The first-order valence-electron chi connectivity index (χ1n) is 6.46. The van der Waals surface area contributed by atoms with E-state index in [1.165, 1.54) is 13.2 Å². The quantitative estimate of drug-likeness (QED) is 0.823. The van der Waals surface area contributed by atoms with E-state index in [0.29, 0.717) is 12.8 Å². The van der Waals surface area contributed by atoms with Gasteiger partial charge in [-0.2, -0.15) is 0 Å². The lowest BCUT2D eigenvalue weighted by Crippen LogP contribution is -2.36. The summed E-state index contributed by atoms with van der Waals surface area (Å²) >= 11 is 0. The van der Waals surface area contributed by atoms with Gasteiger partial charge in [0.1, 0.15) is 5.56 Å². The zero-order valence-electron chi connectivity index (χ0n) is 11.3. The van der Waals surface area contributed by atoms with Crippen molar-refractivity contribution in [3.63, 3.8) is 0 Å². The van der Waals surface area contributed by atoms with Crippen molar-refractivity contribution in [1.29, 1.82) is 0 Å². The number of pyridine rings is 1. The van der Waals surface area contributed by atoms with Gasteiger partial charge in [-0.15, -0.1) is 0 Å². The Bertz CT molecular complexity index is 522. The predicted octanol–water partition coefficient (Wildman–Crippen LogP) is 1.50. The van der Waals surface area contributed by atoms with Gasteiger partial charge in [-0.25, -0.2) is 4.79 Å². The highest BCUT2D eigenvalue weighted by atomic mass is 16.5. The number of hydrogen-bond donors (Lipinski definition) is 1. The molecule has 19 heavy (non-hydrogen) atoms. The molecule has 1 aliphatic rings. The molecule has 2 rings (SSSR count). The van der Waals surface area contributed by atoms with Crippen molar-refractivity contribution in [1.82, 2.24) is 4.57 Å². The number of nitrogens with zero attached hydrogens (tertiary/aromatic N) is 1. The molecule has 1 aromatic heterocycles. The summed E-state index contributed by atoms with van der Waals surface area (Å²) in [6.45, 7) is 1.82. The van der Waals surface area contributed by atoms with Crippen LogP contribution in [0.2, 0.25) is 0 Å². The first-order valence-corrected chi connectivity index (χ1v) is 6.46. The fourth-order valence-electron chi connectivity index (χ4n) is 2.57. The van der Waals surface area contributed by atoms with Crippen molar-refractivity contribution in [3.05, 3.63) is 34.2 Å². The minimum Gasteiger partial charge on any atom is -0.465 e. The van der Waals surface area contributed by atoms with Gasteiger partial charge in [0.2, 0.25) is 0 Å². The summed E-state index contributed by atoms with van der Waals surface area (Å²) < 4.78 is 6.19. The van der Waals surface area contributed by atoms with Crippen molar-refractivity contribution in [3.8, 4) is 0 Å². The zero-order valence-corrected chi connectivity index (χ0v) is 11.3. The van der Waals surface area contributed by atoms with Gasteiger partial charge in [-0.3, -0.25) is 4.79 Å². The largest absolute Gasteiger partial charge is 0.465 e. The van der Waals surface area contributed by atoms with E-state index in [2.05, 4.69) is 4.74 Å². The van der Waals surface area contributed by atoms with Crippen LogP contribution < -0.4 is 5.56 Å². The molecular weight excluding hydrogens is 246 g/mol. The lowest BCUT2D eigenvalue weighted by atomic mass is 9.83. The highest BCUT2D eigenvalue weighted by Gasteiger charge is 2.30. The van der Waals surface area contributed by atoms with E-state index < -0.39 is 11.6 Å². The van der Waals surface area contributed by atoms with Crippen molar-refractivity contribution >= 4 is 5.97 Å². The zero-order chi connectivity index (χ0) is 14.0. The molecule has 5 heteroatoms. The first kappa shape index (κ1) is 13.8. The fourth-order valence-corrected chi connectivity index (χ4v) is 2.57. The Kier molecular flexibility index (Phi) is 3.75. The standard InChI is InChI=1S/C14H19NO4/c1-14(18)7-5-10(6-8-14)15-9-3-4-11(12(15)16)13(17)19-2/h3-4,9-10,18H,5-8H2,1-2H3/t10-,14+. The third-order valence-electron chi connectivity index (χ3n) is 3.81. The summed E-state index contributed by atoms with van der Waals surface area (Å²) in [5, 5.41) is 9.93. The Balaban J connectivity index is 2.27. The molecule has 5 nitrogen and oxygen atoms in total. The molecular formula is C14H19NO4. The van der Waals surface area contributed by atoms with Crippen LogP contribution in [0.15, 0.2) is 23.1 Å². The third kappa shape index (κ3) is 2.87. The lowest BCUT2D eigenvalue weighted by molar-refractivity contribution is 0.00942. The van der Waals surface area contributed by atoms with Gasteiger partial charge in [0.05, 0.1) is 12.7 Å². The van der Waals surface area contributed by atoms with Crippen LogP contribution in [0.1, 0.15) is 49.0 Å². The first-order chi connectivity index (χ1) is 8.94. The molecule has 0 aromatic carbocycles. The Morgan fingerprint density at radius 3 is 2.68 bits per heavy atom. The number of esters is 1. The maximum atomic E-state index is 12.2. The van der Waals surface area contributed by atoms with Crippen LogP contribution in [0.3, 0.4) is 0 Å². The minimum absolute atomic E-state index is 0.0392. The van der Waals surface area contributed by atoms with Crippen LogP contribution in [0.4, 0.5) is 0 Å². The van der Waals surface area contributed by atoms with Crippen molar-refractivity contribution < 1.29 is 14.6 Å². The summed E-state index contributed by atoms with van der Waals surface area (Å²) in [6, 6.07) is 3.20. The predicted molar refractivity (Wildman–Crippen MR) is 70.2 cm³/mol. The Labute approximate surface area is 111 Å². The van der Waals surface area contributed by atoms with Crippen molar-refractivity contribution in [2.75, 3.05) is 7.11 Å². The molecule has 1 fully saturated rings. The molecule has 1 N–H and O–H groups in total. The molecule has 1 aliphatic carbocycles. The van der Waals surface area contributed by atoms with Gasteiger partial charge in [0, 0.05) is 12.2 Å². The highest BCUT2D eigenvalue weighted by Crippen LogP contribution is 2.33. The van der Waals surface area contributed by atoms with E-state index in [1.54, 1.807) is 16.8 Å². The summed E-state index contributed by atoms with van der Waals surface area (Å²) in [7, 11) is 1.26. The Hall–Kier alpha value is -1.62. The van der Waals surface area contributed by atoms with Gasteiger partial charge >= 0.3 is 5.97 Å². The normalized spacial score (nSPS) is 27.0. The number of aliphatic hydroxyl groups is 1. The third-order valence-corrected chi connectivity index (χ3v) is 3.81. The van der Waals surface area contributed by atoms with Gasteiger partial charge in [0.15, 0.2) is 0 Å². The van der Waals surface area contributed by atoms with Crippen molar-refractivity contribution in [2.24, 2.45) is 0 Å². The van der Waals surface area contributed by atoms with Crippen molar-refractivity contribution in [2.45, 2.75) is 44.2 Å². The van der Waals surface area contributed by atoms with Gasteiger partial charge in [-0.05, 0) is 44.7 Å². The second kappa shape index (κ2) is 5.17. The molecule has 0 atom stereocenters. The maximum Gasteiger partial charge on any atom is 0.343 e. The van der Waals surface area contributed by atoms with Gasteiger partial charge < -0.3 is 14.4 Å². The van der Waals surface area contributed by atoms with Crippen LogP contribution >= 0.6 is 0 Å². The smallest absolute Gasteiger partial charge is 0.343 e. The van der Waals surface area contributed by atoms with Gasteiger partial charge in [-0.1, -0.05) is 0 Å². The molecule has 0 aliphatic heterocycles. The molecule has 0 radical (unpaired) electrons. The van der Waals surface area contributed by atoms with Crippen LogP contribution in [0.5, 0.6) is 0 Å². The number of rotatable bonds is 2. The van der Waals surface area contributed by atoms with Crippen LogP contribution in [-0.4, -0.2) is 28.4 Å². The number of carbonyl (C=O) groups excluding carboxylic acids is 1. The van der Waals surface area contributed by atoms with Crippen LogP contribution in [0.25, 0.3) is 0 Å². The van der Waals surface area contributed by atoms with E-state index in [1.807, 2.05) is 6.92 Å². The lowest BCUT2D eigenvalue weighted by Gasteiger charge is -2.33. The minimum atomic E-state index is -0.639. The SMILES string of the molecule is COC(=O)c1cccn([C@H]2CC[C@@](C)(O)CC2)c1=O. The number of hydrogen-bond acceptors (Lipinski definition) is 4. The Morgan fingerprint density at radius 2 is 2.11 bits per heavy atom. The molecule has 0 amide bonds. The average Bonchev–Trinajstić information content (AvgIpc) is 2.39. The molecule has 0 bridgehead atoms. The van der Waals surface area contributed by atoms with Gasteiger partial charge in [0.25, 0.3) is 5.56 Å². The van der Waals surface area contributed by atoms with E-state index in [9.17, 15) is 14.7 Å². The van der Waals surface area contributed by atoms with E-state index >= 15 is 0 Å². The Morgan fingerprint density at radius 1 is 1.47 bits per heavy atom. The molecule has 0 spiro atoms. The van der Waals surface area contributed by atoms with E-state index in [-0.39, 0.29) is 17.2 Å². The summed E-state index contributed by atoms with van der Waals surface area (Å²) in [6.07, 6.45) is 4.48. The topological polar surface area (TPSA) is 68.5 Å². The molecule has 1 aromatic rings. The summed E-state index contributed by atoms with van der Waals surface area (Å²) in [5.41, 5.74) is -0.900. The van der Waals surface area contributed by atoms with Crippen LogP contribution in [0, 0.1) is 0 Å². The maximum absolute atomic E-state index is 12.2. The summed E-state index contributed by atoms with van der Waals surface area (Å²) in [4.78, 5) is 23.7. The molecule has 0 saturated heterocycles. The van der Waals surface area contributed by atoms with Crippen LogP contribution in [-0.2, 0) is 4.74 Å². The molecule has 1 saturated carbocycles. The highest BCUT2D eigenvalue weighted by molar-refractivity contribution is 5.88. The fraction of sp³-hybridized carbons (Fsp3) is 0.571. The number of ether oxygens (including phenoxy) is 1.